The average molecular weight is 578 g/mol. The highest BCUT2D eigenvalue weighted by Gasteiger charge is 2.34. The van der Waals surface area contributed by atoms with Crippen LogP contribution in [0.3, 0.4) is 0 Å². The van der Waals surface area contributed by atoms with Crippen molar-refractivity contribution >= 4 is 15.9 Å². The number of oxazole rings is 1. The van der Waals surface area contributed by atoms with E-state index in [0.717, 1.165) is 29.5 Å². The van der Waals surface area contributed by atoms with Crippen molar-refractivity contribution in [2.45, 2.75) is 36.4 Å². The van der Waals surface area contributed by atoms with Crippen LogP contribution in [0.4, 0.5) is 0 Å². The van der Waals surface area contributed by atoms with Crippen LogP contribution in [0.5, 0.6) is 0 Å². The van der Waals surface area contributed by atoms with Crippen molar-refractivity contribution in [2.24, 2.45) is 10.3 Å². The Morgan fingerprint density at radius 1 is 1.02 bits per heavy atom. The Hall–Kier alpha value is -4.03. The van der Waals surface area contributed by atoms with Gasteiger partial charge in [-0.25, -0.2) is 18.5 Å². The van der Waals surface area contributed by atoms with E-state index in [-0.39, 0.29) is 29.7 Å². The first-order valence-electron chi connectivity index (χ1n) is 13.1. The molecule has 41 heavy (non-hydrogen) atoms. The van der Waals surface area contributed by atoms with Crippen molar-refractivity contribution in [3.8, 4) is 22.6 Å². The molecule has 0 spiro atoms. The molecular formula is C30H31N3O7S. The second kappa shape index (κ2) is 12.2. The highest BCUT2D eigenvalue weighted by Crippen LogP contribution is 2.36. The second-order valence-corrected chi connectivity index (χ2v) is 11.3. The fourth-order valence-corrected chi connectivity index (χ4v) is 5.41. The second-order valence-electron chi connectivity index (χ2n) is 9.69. The molecule has 0 radical (unpaired) electrons. The maximum absolute atomic E-state index is 11.7. The summed E-state index contributed by atoms with van der Waals surface area (Å²) in [5, 5.41) is 18.3. The zero-order valence-corrected chi connectivity index (χ0v) is 23.3. The highest BCUT2D eigenvalue weighted by atomic mass is 32.2. The molecule has 2 heterocycles. The molecule has 3 N–H and O–H groups in total. The number of nitrogens with two attached hydrogens (primary N) is 1. The van der Waals surface area contributed by atoms with Gasteiger partial charge in [-0.15, -0.1) is 0 Å². The molecule has 1 aromatic heterocycles. The predicted molar refractivity (Wildman–Crippen MR) is 152 cm³/mol. The number of aromatic nitrogens is 1. The summed E-state index contributed by atoms with van der Waals surface area (Å²) >= 11 is 0. The van der Waals surface area contributed by atoms with E-state index < -0.39 is 15.6 Å². The summed E-state index contributed by atoms with van der Waals surface area (Å²) in [6.45, 7) is 1.43. The van der Waals surface area contributed by atoms with Gasteiger partial charge >= 0.3 is 0 Å². The quantitative estimate of drug-likeness (QED) is 0.124. The molecule has 214 valence electrons. The Labute approximate surface area is 238 Å². The number of nitrogens with zero attached hydrogens (tertiary/aromatic N) is 2. The third-order valence-electron chi connectivity index (χ3n) is 7.13. The fraction of sp³-hybridized carbons (Fsp3) is 0.267. The van der Waals surface area contributed by atoms with Crippen molar-refractivity contribution in [1.29, 1.82) is 0 Å². The summed E-state index contributed by atoms with van der Waals surface area (Å²) in [5.74, 6) is 0.717. The van der Waals surface area contributed by atoms with Crippen molar-refractivity contribution in [2.75, 3.05) is 20.3 Å². The van der Waals surface area contributed by atoms with Crippen LogP contribution >= 0.6 is 0 Å². The number of hydrogen-bond acceptors (Lipinski definition) is 9. The van der Waals surface area contributed by atoms with E-state index in [4.69, 9.17) is 23.8 Å². The van der Waals surface area contributed by atoms with Crippen LogP contribution in [0.15, 0.2) is 93.3 Å². The standard InChI is InChI=1S/C30H31N3O7S/c1-37-30(14-16-38-17-15-30)24-9-5-6-21(18-24)20-39-27(33-34)19-26-32-28(22-7-3-2-4-8-22)29(40-26)23-10-12-25(13-11-23)41(31,35)36/h2-13,18,34H,14-17,19-20H2,1H3,(H2,31,35,36)/b33-27-. The molecule has 10 nitrogen and oxygen atoms in total. The van der Waals surface area contributed by atoms with Gasteiger partial charge in [-0.2, -0.15) is 0 Å². The van der Waals surface area contributed by atoms with Crippen molar-refractivity contribution in [3.63, 3.8) is 0 Å². The lowest BCUT2D eigenvalue weighted by molar-refractivity contribution is -0.0948. The largest absolute Gasteiger partial charge is 0.473 e. The van der Waals surface area contributed by atoms with Gasteiger partial charge in [0.25, 0.3) is 0 Å². The summed E-state index contributed by atoms with van der Waals surface area (Å²) < 4.78 is 46.8. The average Bonchev–Trinajstić information content (AvgIpc) is 3.43. The first kappa shape index (κ1) is 28.5. The molecule has 5 rings (SSSR count). The van der Waals surface area contributed by atoms with E-state index in [1.807, 2.05) is 54.6 Å². The number of methoxy groups -OCH3 is 1. The molecular weight excluding hydrogens is 546 g/mol. The van der Waals surface area contributed by atoms with E-state index in [1.165, 1.54) is 12.1 Å². The normalized spacial score (nSPS) is 15.5. The van der Waals surface area contributed by atoms with Crippen LogP contribution in [0.2, 0.25) is 0 Å². The summed E-state index contributed by atoms with van der Waals surface area (Å²) in [6, 6.07) is 23.4. The molecule has 3 aromatic carbocycles. The van der Waals surface area contributed by atoms with Crippen molar-refractivity contribution in [3.05, 3.63) is 95.9 Å². The van der Waals surface area contributed by atoms with Gasteiger partial charge in [-0.3, -0.25) is 0 Å². The molecule has 0 amide bonds. The minimum atomic E-state index is -3.84. The Morgan fingerprint density at radius 3 is 2.41 bits per heavy atom. The number of benzene rings is 3. The lowest BCUT2D eigenvalue weighted by atomic mass is 9.85. The number of primary sulfonamides is 1. The monoisotopic (exact) mass is 577 g/mol. The van der Waals surface area contributed by atoms with Gasteiger partial charge in [-0.1, -0.05) is 53.7 Å². The van der Waals surface area contributed by atoms with Crippen molar-refractivity contribution < 1.29 is 32.3 Å². The van der Waals surface area contributed by atoms with E-state index in [2.05, 4.69) is 10.1 Å². The third-order valence-corrected chi connectivity index (χ3v) is 8.06. The minimum absolute atomic E-state index is 0.00929. The molecule has 1 aliphatic rings. The van der Waals surface area contributed by atoms with Crippen LogP contribution in [0, 0.1) is 0 Å². The SMILES string of the molecule is COC1(c2cccc(CO/C(Cc3nc(-c4ccccc4)c(-c4ccc(S(N)(=O)=O)cc4)o3)=N\O)c2)CCOCC1. The van der Waals surface area contributed by atoms with Crippen LogP contribution in [0.25, 0.3) is 22.6 Å². The lowest BCUT2D eigenvalue weighted by Crippen LogP contribution is -2.35. The Bertz CT molecular complexity index is 1610. The molecule has 0 bridgehead atoms. The first-order chi connectivity index (χ1) is 19.8. The molecule has 0 aliphatic carbocycles. The van der Waals surface area contributed by atoms with E-state index in [1.54, 1.807) is 19.2 Å². The zero-order valence-electron chi connectivity index (χ0n) is 22.5. The van der Waals surface area contributed by atoms with Crippen LogP contribution in [0.1, 0.15) is 29.9 Å². The minimum Gasteiger partial charge on any atom is -0.473 e. The number of ether oxygens (including phenoxy) is 3. The first-order valence-corrected chi connectivity index (χ1v) is 14.6. The van der Waals surface area contributed by atoms with Gasteiger partial charge < -0.3 is 23.8 Å². The number of oxime groups is 1. The lowest BCUT2D eigenvalue weighted by Gasteiger charge is -2.36. The van der Waals surface area contributed by atoms with Crippen LogP contribution in [-0.2, 0) is 42.9 Å². The molecule has 1 saturated heterocycles. The maximum atomic E-state index is 11.7. The fourth-order valence-electron chi connectivity index (χ4n) is 4.89. The Morgan fingerprint density at radius 2 is 1.76 bits per heavy atom. The van der Waals surface area contributed by atoms with Gasteiger partial charge in [0.15, 0.2) is 5.76 Å². The summed E-state index contributed by atoms with van der Waals surface area (Å²) in [7, 11) is -2.12. The van der Waals surface area contributed by atoms with Crippen molar-refractivity contribution in [1.82, 2.24) is 4.98 Å². The highest BCUT2D eigenvalue weighted by molar-refractivity contribution is 7.89. The van der Waals surface area contributed by atoms with Gasteiger partial charge in [0.2, 0.25) is 21.8 Å². The molecule has 1 fully saturated rings. The van der Waals surface area contributed by atoms with E-state index in [0.29, 0.717) is 30.2 Å². The maximum Gasteiger partial charge on any atom is 0.238 e. The number of hydrogen-bond donors (Lipinski definition) is 2. The van der Waals surface area contributed by atoms with Gasteiger partial charge in [0.1, 0.15) is 18.7 Å². The van der Waals surface area contributed by atoms with Gasteiger partial charge in [0, 0.05) is 44.3 Å². The summed E-state index contributed by atoms with van der Waals surface area (Å²) in [6.07, 6.45) is 1.51. The molecule has 0 atom stereocenters. The molecule has 1 aliphatic heterocycles. The summed E-state index contributed by atoms with van der Waals surface area (Å²) in [4.78, 5) is 4.64. The van der Waals surface area contributed by atoms with Gasteiger partial charge in [-0.05, 0) is 41.5 Å². The van der Waals surface area contributed by atoms with E-state index >= 15 is 0 Å². The molecule has 11 heteroatoms. The number of sulfonamides is 1. The molecule has 0 unspecified atom stereocenters. The topological polar surface area (TPSA) is 146 Å². The van der Waals surface area contributed by atoms with E-state index in [9.17, 15) is 13.6 Å². The predicted octanol–water partition coefficient (Wildman–Crippen LogP) is 4.86. The Kier molecular flexibility index (Phi) is 8.50. The molecule has 4 aromatic rings. The van der Waals surface area contributed by atoms with Crippen LogP contribution < -0.4 is 5.14 Å². The smallest absolute Gasteiger partial charge is 0.238 e. The third kappa shape index (κ3) is 6.49. The zero-order chi connectivity index (χ0) is 28.9. The molecule has 0 saturated carbocycles. The summed E-state index contributed by atoms with van der Waals surface area (Å²) in [5.41, 5.74) is 3.49. The van der Waals surface area contributed by atoms with Gasteiger partial charge in [0.05, 0.1) is 10.5 Å². The van der Waals surface area contributed by atoms with Crippen LogP contribution in [-0.4, -0.2) is 44.8 Å². The number of rotatable bonds is 9. The Balaban J connectivity index is 1.36.